The number of piperazine rings is 1. The predicted molar refractivity (Wildman–Crippen MR) is 81.3 cm³/mol. The molecule has 0 aromatic rings. The fraction of sp³-hybridized carbons (Fsp3) is 1.00. The van der Waals surface area contributed by atoms with Crippen molar-refractivity contribution in [2.24, 2.45) is 17.8 Å². The topological polar surface area (TPSA) is 15.3 Å². The molecule has 5 atom stereocenters. The Morgan fingerprint density at radius 1 is 1.16 bits per heavy atom. The second-order valence-corrected chi connectivity index (χ2v) is 7.34. The van der Waals surface area contributed by atoms with E-state index in [-0.39, 0.29) is 0 Å². The quantitative estimate of drug-likeness (QED) is 0.820. The van der Waals surface area contributed by atoms with Crippen molar-refractivity contribution in [1.82, 2.24) is 10.2 Å². The molecule has 0 aromatic carbocycles. The molecule has 2 heteroatoms. The Morgan fingerprint density at radius 2 is 2.05 bits per heavy atom. The van der Waals surface area contributed by atoms with Crippen LogP contribution in [0.2, 0.25) is 0 Å². The Balaban J connectivity index is 1.58. The first kappa shape index (κ1) is 13.9. The molecule has 2 aliphatic carbocycles. The van der Waals surface area contributed by atoms with E-state index in [4.69, 9.17) is 0 Å². The van der Waals surface area contributed by atoms with Gasteiger partial charge >= 0.3 is 0 Å². The van der Waals surface area contributed by atoms with Crippen molar-refractivity contribution in [2.45, 2.75) is 70.9 Å². The van der Waals surface area contributed by atoms with Gasteiger partial charge in [0.2, 0.25) is 0 Å². The summed E-state index contributed by atoms with van der Waals surface area (Å²) in [6.45, 7) is 8.60. The first-order valence-corrected chi connectivity index (χ1v) is 8.77. The van der Waals surface area contributed by atoms with Crippen LogP contribution in [0, 0.1) is 17.8 Å². The maximum absolute atomic E-state index is 3.75. The van der Waals surface area contributed by atoms with E-state index < -0.39 is 0 Å². The van der Waals surface area contributed by atoms with Crippen LogP contribution in [0.5, 0.6) is 0 Å². The van der Waals surface area contributed by atoms with Crippen molar-refractivity contribution < 1.29 is 0 Å². The molecule has 110 valence electrons. The third-order valence-corrected chi connectivity index (χ3v) is 6.08. The molecular weight excluding hydrogens is 232 g/mol. The van der Waals surface area contributed by atoms with Crippen molar-refractivity contribution in [2.75, 3.05) is 19.6 Å². The summed E-state index contributed by atoms with van der Waals surface area (Å²) >= 11 is 0. The van der Waals surface area contributed by atoms with Gasteiger partial charge in [-0.25, -0.2) is 0 Å². The van der Waals surface area contributed by atoms with Gasteiger partial charge in [-0.1, -0.05) is 26.7 Å². The van der Waals surface area contributed by atoms with Crippen molar-refractivity contribution >= 4 is 0 Å². The van der Waals surface area contributed by atoms with E-state index in [2.05, 4.69) is 24.1 Å². The lowest BCUT2D eigenvalue weighted by Crippen LogP contribution is -2.57. The number of nitrogens with zero attached hydrogens (tertiary/aromatic N) is 1. The molecule has 2 bridgehead atoms. The fourth-order valence-electron chi connectivity index (χ4n) is 4.94. The van der Waals surface area contributed by atoms with Gasteiger partial charge in [0.15, 0.2) is 0 Å². The average Bonchev–Trinajstić information content (AvgIpc) is 3.03. The SMILES string of the molecule is CCCC1CNC(CC)CN1CC1CC2CCC1C2. The summed E-state index contributed by atoms with van der Waals surface area (Å²) in [5, 5.41) is 3.75. The molecule has 2 nitrogen and oxygen atoms in total. The molecule has 5 unspecified atom stereocenters. The molecule has 1 heterocycles. The minimum atomic E-state index is 0.742. The lowest BCUT2D eigenvalue weighted by Gasteiger charge is -2.42. The Morgan fingerprint density at radius 3 is 2.68 bits per heavy atom. The molecule has 1 N–H and O–H groups in total. The second-order valence-electron chi connectivity index (χ2n) is 7.34. The highest BCUT2D eigenvalue weighted by Gasteiger charge is 2.41. The van der Waals surface area contributed by atoms with Gasteiger partial charge < -0.3 is 5.32 Å². The predicted octanol–water partition coefficient (Wildman–Crippen LogP) is 3.28. The van der Waals surface area contributed by atoms with Crippen molar-refractivity contribution in [3.63, 3.8) is 0 Å². The van der Waals surface area contributed by atoms with E-state index in [1.807, 2.05) is 0 Å². The maximum atomic E-state index is 3.75. The molecule has 3 rings (SSSR count). The zero-order valence-electron chi connectivity index (χ0n) is 12.9. The zero-order valence-corrected chi connectivity index (χ0v) is 12.9. The number of fused-ring (bicyclic) bond motifs is 2. The summed E-state index contributed by atoms with van der Waals surface area (Å²) in [6.07, 6.45) is 10.2. The van der Waals surface area contributed by atoms with Gasteiger partial charge in [-0.15, -0.1) is 0 Å². The van der Waals surface area contributed by atoms with Crippen LogP contribution in [0.1, 0.15) is 58.8 Å². The molecule has 1 saturated heterocycles. The van der Waals surface area contributed by atoms with Crippen LogP contribution in [0.3, 0.4) is 0 Å². The molecule has 1 aliphatic heterocycles. The first-order valence-electron chi connectivity index (χ1n) is 8.77. The van der Waals surface area contributed by atoms with E-state index in [1.54, 1.807) is 19.3 Å². The molecule has 3 fully saturated rings. The molecule has 19 heavy (non-hydrogen) atoms. The van der Waals surface area contributed by atoms with Crippen LogP contribution in [0.4, 0.5) is 0 Å². The highest BCUT2D eigenvalue weighted by atomic mass is 15.2. The first-order chi connectivity index (χ1) is 9.30. The van der Waals surface area contributed by atoms with E-state index in [0.29, 0.717) is 0 Å². The monoisotopic (exact) mass is 264 g/mol. The lowest BCUT2D eigenvalue weighted by atomic mass is 9.87. The van der Waals surface area contributed by atoms with Gasteiger partial charge in [-0.3, -0.25) is 4.90 Å². The zero-order chi connectivity index (χ0) is 13.2. The summed E-state index contributed by atoms with van der Waals surface area (Å²) in [7, 11) is 0. The molecule has 0 spiro atoms. The van der Waals surface area contributed by atoms with E-state index in [0.717, 1.165) is 29.8 Å². The molecule has 0 aromatic heterocycles. The van der Waals surface area contributed by atoms with Crippen LogP contribution in [0.25, 0.3) is 0 Å². The van der Waals surface area contributed by atoms with Gasteiger partial charge in [0.05, 0.1) is 0 Å². The summed E-state index contributed by atoms with van der Waals surface area (Å²) in [6, 6.07) is 1.55. The normalized spacial score (nSPS) is 42.9. The van der Waals surface area contributed by atoms with Gasteiger partial charge in [0.25, 0.3) is 0 Å². The molecular formula is C17H32N2. The maximum Gasteiger partial charge on any atom is 0.0221 e. The van der Waals surface area contributed by atoms with Crippen LogP contribution >= 0.6 is 0 Å². The minimum Gasteiger partial charge on any atom is -0.311 e. The van der Waals surface area contributed by atoms with Crippen LogP contribution in [0.15, 0.2) is 0 Å². The van der Waals surface area contributed by atoms with Crippen LogP contribution < -0.4 is 5.32 Å². The average molecular weight is 264 g/mol. The Bertz CT molecular complexity index is 291. The number of hydrogen-bond acceptors (Lipinski definition) is 2. The fourth-order valence-corrected chi connectivity index (χ4v) is 4.94. The second kappa shape index (κ2) is 6.13. The smallest absolute Gasteiger partial charge is 0.0221 e. The minimum absolute atomic E-state index is 0.742. The third kappa shape index (κ3) is 3.00. The van der Waals surface area contributed by atoms with E-state index in [9.17, 15) is 0 Å². The summed E-state index contributed by atoms with van der Waals surface area (Å²) in [5.41, 5.74) is 0. The number of rotatable bonds is 5. The van der Waals surface area contributed by atoms with Crippen molar-refractivity contribution in [1.29, 1.82) is 0 Å². The third-order valence-electron chi connectivity index (χ3n) is 6.08. The van der Waals surface area contributed by atoms with Gasteiger partial charge in [0, 0.05) is 31.7 Å². The summed E-state index contributed by atoms with van der Waals surface area (Å²) in [5.74, 6) is 3.22. The van der Waals surface area contributed by atoms with E-state index in [1.165, 1.54) is 45.3 Å². The molecule has 2 saturated carbocycles. The standard InChI is InChI=1S/C17H32N2/c1-3-5-17-10-18-16(4-2)12-19(17)11-15-9-13-6-7-14(15)8-13/h13-18H,3-12H2,1-2H3. The van der Waals surface area contributed by atoms with Crippen LogP contribution in [-0.2, 0) is 0 Å². The van der Waals surface area contributed by atoms with Gasteiger partial charge in [-0.05, 0) is 49.9 Å². The molecule has 0 radical (unpaired) electrons. The molecule has 3 aliphatic rings. The summed E-state index contributed by atoms with van der Waals surface area (Å²) < 4.78 is 0. The van der Waals surface area contributed by atoms with Gasteiger partial charge in [0.1, 0.15) is 0 Å². The Labute approximate surface area is 119 Å². The highest BCUT2D eigenvalue weighted by Crippen LogP contribution is 2.48. The largest absolute Gasteiger partial charge is 0.311 e. The van der Waals surface area contributed by atoms with Gasteiger partial charge in [-0.2, -0.15) is 0 Å². The Hall–Kier alpha value is -0.0800. The summed E-state index contributed by atoms with van der Waals surface area (Å²) in [4.78, 5) is 2.86. The highest BCUT2D eigenvalue weighted by molar-refractivity contribution is 4.94. The molecule has 0 amide bonds. The van der Waals surface area contributed by atoms with Crippen molar-refractivity contribution in [3.05, 3.63) is 0 Å². The number of nitrogens with one attached hydrogen (secondary N) is 1. The Kier molecular flexibility index (Phi) is 4.48. The van der Waals surface area contributed by atoms with E-state index >= 15 is 0 Å². The number of hydrogen-bond donors (Lipinski definition) is 1. The lowest BCUT2D eigenvalue weighted by molar-refractivity contribution is 0.0883. The van der Waals surface area contributed by atoms with Crippen molar-refractivity contribution in [3.8, 4) is 0 Å². The van der Waals surface area contributed by atoms with Crippen LogP contribution in [-0.4, -0.2) is 36.6 Å².